The number of rotatable bonds is 9. The molecule has 0 bridgehead atoms. The Morgan fingerprint density at radius 2 is 1.90 bits per heavy atom. The molecule has 0 radical (unpaired) electrons. The molecule has 0 N–H and O–H groups in total. The van der Waals surface area contributed by atoms with E-state index in [1.54, 1.807) is 12.1 Å². The normalized spacial score (nSPS) is 17.1. The van der Waals surface area contributed by atoms with Crippen LogP contribution in [-0.2, 0) is 4.74 Å². The Labute approximate surface area is 235 Å². The van der Waals surface area contributed by atoms with Gasteiger partial charge in [-0.05, 0) is 67.4 Å². The number of hydrogen-bond acceptors (Lipinski definition) is 4. The smallest absolute Gasteiger partial charge is 0.274 e. The predicted molar refractivity (Wildman–Crippen MR) is 161 cm³/mol. The molecule has 1 amide bonds. The minimum Gasteiger partial charge on any atom is -0.380 e. The van der Waals surface area contributed by atoms with Crippen molar-refractivity contribution in [2.45, 2.75) is 64.0 Å². The number of piperidine rings is 1. The number of halogens is 1. The molecule has 4 aromatic rings. The van der Waals surface area contributed by atoms with Crippen LogP contribution in [0.1, 0.15) is 40.8 Å². The molecule has 1 aliphatic rings. The number of hydrogen-bond donors (Lipinski definition) is 0. The highest BCUT2D eigenvalue weighted by Crippen LogP contribution is 2.35. The maximum Gasteiger partial charge on any atom is 0.274 e. The molecule has 0 spiro atoms. The molecule has 39 heavy (non-hydrogen) atoms. The zero-order chi connectivity index (χ0) is 27.6. The zero-order valence-corrected chi connectivity index (χ0v) is 25.1. The van der Waals surface area contributed by atoms with Crippen molar-refractivity contribution >= 4 is 36.2 Å². The molecule has 1 aliphatic heterocycles. The molecule has 5 rings (SSSR count). The highest BCUT2D eigenvalue weighted by atomic mass is 32.1. The lowest BCUT2D eigenvalue weighted by atomic mass is 9.94. The molecule has 8 heteroatoms. The molecular formula is C31H38FN3O2SSi. The van der Waals surface area contributed by atoms with E-state index in [1.807, 2.05) is 11.8 Å². The summed E-state index contributed by atoms with van der Waals surface area (Å²) < 4.78 is 22.3. The van der Waals surface area contributed by atoms with Crippen LogP contribution in [0.15, 0.2) is 60.8 Å². The first-order valence-electron chi connectivity index (χ1n) is 13.9. The fraction of sp³-hybridized carbons (Fsp3) is 0.419. The van der Waals surface area contributed by atoms with Crippen LogP contribution in [0.25, 0.3) is 21.3 Å². The number of carbonyl (C=O) groups is 1. The molecule has 3 heterocycles. The van der Waals surface area contributed by atoms with Crippen LogP contribution in [0.2, 0.25) is 25.7 Å². The number of benzene rings is 2. The fourth-order valence-corrected chi connectivity index (χ4v) is 7.14. The Hall–Kier alpha value is -2.81. The average Bonchev–Trinajstić information content (AvgIpc) is 3.52. The number of fused-ring (bicyclic) bond motifs is 1. The third-order valence-corrected chi connectivity index (χ3v) is 10.3. The van der Waals surface area contributed by atoms with Gasteiger partial charge < -0.3 is 14.2 Å². The first-order valence-corrected chi connectivity index (χ1v) is 18.4. The quantitative estimate of drug-likeness (QED) is 0.154. The van der Waals surface area contributed by atoms with Gasteiger partial charge in [-0.25, -0.2) is 9.37 Å². The summed E-state index contributed by atoms with van der Waals surface area (Å²) in [5.41, 5.74) is 2.44. The van der Waals surface area contributed by atoms with E-state index in [0.29, 0.717) is 18.8 Å². The minimum atomic E-state index is -1.22. The van der Waals surface area contributed by atoms with Gasteiger partial charge in [0, 0.05) is 32.9 Å². The molecule has 1 fully saturated rings. The number of nitrogens with zero attached hydrogens (tertiary/aromatic N) is 3. The molecule has 2 aromatic carbocycles. The Morgan fingerprint density at radius 1 is 1.13 bits per heavy atom. The maximum absolute atomic E-state index is 14.2. The monoisotopic (exact) mass is 563 g/mol. The van der Waals surface area contributed by atoms with E-state index in [0.717, 1.165) is 52.9 Å². The van der Waals surface area contributed by atoms with Crippen LogP contribution in [-0.4, -0.2) is 54.2 Å². The second-order valence-electron chi connectivity index (χ2n) is 11.7. The average molecular weight is 564 g/mol. The van der Waals surface area contributed by atoms with Gasteiger partial charge in [-0.2, -0.15) is 0 Å². The van der Waals surface area contributed by atoms with Gasteiger partial charge in [0.2, 0.25) is 0 Å². The van der Waals surface area contributed by atoms with Gasteiger partial charge in [-0.3, -0.25) is 4.79 Å². The van der Waals surface area contributed by atoms with E-state index in [9.17, 15) is 9.18 Å². The largest absolute Gasteiger partial charge is 0.380 e. The van der Waals surface area contributed by atoms with Crippen molar-refractivity contribution in [3.63, 3.8) is 0 Å². The summed E-state index contributed by atoms with van der Waals surface area (Å²) in [6.45, 7) is 11.0. The first-order chi connectivity index (χ1) is 18.7. The van der Waals surface area contributed by atoms with Crippen LogP contribution in [0.4, 0.5) is 4.39 Å². The number of aromatic nitrogens is 2. The number of likely N-dealkylation sites (tertiary alicyclic amines) is 1. The Bertz CT molecular complexity index is 1430. The zero-order valence-electron chi connectivity index (χ0n) is 23.3. The van der Waals surface area contributed by atoms with Gasteiger partial charge >= 0.3 is 0 Å². The summed E-state index contributed by atoms with van der Waals surface area (Å²) in [5, 5.41) is 2.01. The third-order valence-electron chi connectivity index (χ3n) is 7.57. The lowest BCUT2D eigenvalue weighted by molar-refractivity contribution is 0.0329. The van der Waals surface area contributed by atoms with Crippen LogP contribution >= 0.6 is 11.3 Å². The number of amides is 1. The molecule has 2 aromatic heterocycles. The number of thiazole rings is 1. The fourth-order valence-electron chi connectivity index (χ4n) is 5.47. The second kappa shape index (κ2) is 11.7. The summed E-state index contributed by atoms with van der Waals surface area (Å²) in [6, 6.07) is 18.0. The Balaban J connectivity index is 1.48. The Kier molecular flexibility index (Phi) is 8.35. The number of para-hydroxylation sites is 1. The SMILES string of the molecule is Cc1nc(C(=O)N2CCCCC2C(COCC[Si](C)(C)C)n2ccc3ccccc32)c(-c2ccc(F)cc2)s1. The van der Waals surface area contributed by atoms with Crippen molar-refractivity contribution in [1.29, 1.82) is 0 Å². The van der Waals surface area contributed by atoms with E-state index >= 15 is 0 Å². The summed E-state index contributed by atoms with van der Waals surface area (Å²) >= 11 is 1.49. The molecule has 0 saturated carbocycles. The number of aryl methyl sites for hydroxylation is 1. The maximum atomic E-state index is 14.2. The highest BCUT2D eigenvalue weighted by Gasteiger charge is 2.37. The minimum absolute atomic E-state index is 0.00945. The standard InChI is InChI=1S/C31H38FN3O2SSi/c1-22-33-29(30(38-22)24-12-14-25(32)15-13-24)31(36)35-17-8-7-11-27(35)28(21-37-19-20-39(2,3)4)34-18-16-23-9-5-6-10-26(23)34/h5-6,9-10,12-16,18,27-28H,7-8,11,17,19-21H2,1-4H3. The summed E-state index contributed by atoms with van der Waals surface area (Å²) in [6.07, 6.45) is 5.09. The van der Waals surface area contributed by atoms with Crippen molar-refractivity contribution in [1.82, 2.24) is 14.5 Å². The van der Waals surface area contributed by atoms with Gasteiger partial charge in [0.05, 0.1) is 28.6 Å². The van der Waals surface area contributed by atoms with E-state index in [2.05, 4.69) is 60.7 Å². The third kappa shape index (κ3) is 6.34. The molecule has 1 saturated heterocycles. The van der Waals surface area contributed by atoms with Crippen molar-refractivity contribution in [3.8, 4) is 10.4 Å². The lowest BCUT2D eigenvalue weighted by Crippen LogP contribution is -2.49. The summed E-state index contributed by atoms with van der Waals surface area (Å²) in [7, 11) is -1.22. The van der Waals surface area contributed by atoms with E-state index in [-0.39, 0.29) is 23.8 Å². The second-order valence-corrected chi connectivity index (χ2v) is 18.5. The topological polar surface area (TPSA) is 47.4 Å². The molecule has 2 atom stereocenters. The van der Waals surface area contributed by atoms with Gasteiger partial charge in [0.15, 0.2) is 0 Å². The molecule has 0 aliphatic carbocycles. The molecule has 206 valence electrons. The van der Waals surface area contributed by atoms with Crippen molar-refractivity contribution in [2.75, 3.05) is 19.8 Å². The summed E-state index contributed by atoms with van der Waals surface area (Å²) in [5.74, 6) is -0.341. The number of ether oxygens (including phenoxy) is 1. The van der Waals surface area contributed by atoms with E-state index < -0.39 is 8.07 Å². The Morgan fingerprint density at radius 3 is 2.67 bits per heavy atom. The van der Waals surface area contributed by atoms with E-state index in [1.165, 1.54) is 28.9 Å². The van der Waals surface area contributed by atoms with E-state index in [4.69, 9.17) is 9.72 Å². The molecule has 2 unspecified atom stereocenters. The van der Waals surface area contributed by atoms with Gasteiger partial charge in [-0.1, -0.05) is 50.0 Å². The van der Waals surface area contributed by atoms with Crippen molar-refractivity contribution < 1.29 is 13.9 Å². The van der Waals surface area contributed by atoms with Gasteiger partial charge in [-0.15, -0.1) is 11.3 Å². The predicted octanol–water partition coefficient (Wildman–Crippen LogP) is 7.80. The highest BCUT2D eigenvalue weighted by molar-refractivity contribution is 7.15. The van der Waals surface area contributed by atoms with Crippen LogP contribution in [0.3, 0.4) is 0 Å². The van der Waals surface area contributed by atoms with Crippen LogP contribution < -0.4 is 0 Å². The summed E-state index contributed by atoms with van der Waals surface area (Å²) in [4.78, 5) is 21.8. The molecular weight excluding hydrogens is 526 g/mol. The number of carbonyl (C=O) groups excluding carboxylic acids is 1. The van der Waals surface area contributed by atoms with Crippen molar-refractivity contribution in [3.05, 3.63) is 77.3 Å². The van der Waals surface area contributed by atoms with Crippen molar-refractivity contribution in [2.24, 2.45) is 0 Å². The van der Waals surface area contributed by atoms with Gasteiger partial charge in [0.1, 0.15) is 11.5 Å². The molecule has 5 nitrogen and oxygen atoms in total. The van der Waals surface area contributed by atoms with Crippen LogP contribution in [0, 0.1) is 12.7 Å². The first kappa shape index (κ1) is 27.7. The lowest BCUT2D eigenvalue weighted by Gasteiger charge is -2.41. The van der Waals surface area contributed by atoms with Gasteiger partial charge in [0.25, 0.3) is 5.91 Å². The van der Waals surface area contributed by atoms with Crippen LogP contribution in [0.5, 0.6) is 0 Å².